The van der Waals surface area contributed by atoms with Gasteiger partial charge in [-0.05, 0) is 25.2 Å². The van der Waals surface area contributed by atoms with E-state index in [4.69, 9.17) is 0 Å². The van der Waals surface area contributed by atoms with Crippen molar-refractivity contribution >= 4 is 11.7 Å². The van der Waals surface area contributed by atoms with Gasteiger partial charge in [-0.1, -0.05) is 13.8 Å². The second kappa shape index (κ2) is 7.58. The van der Waals surface area contributed by atoms with Crippen LogP contribution in [-0.2, 0) is 7.05 Å². The average Bonchev–Trinajstić information content (AvgIpc) is 2.40. The van der Waals surface area contributed by atoms with Crippen LogP contribution in [-0.4, -0.2) is 41.7 Å². The van der Waals surface area contributed by atoms with Gasteiger partial charge in [-0.25, -0.2) is 4.79 Å². The van der Waals surface area contributed by atoms with E-state index in [0.29, 0.717) is 6.54 Å². The van der Waals surface area contributed by atoms with Crippen LogP contribution in [0.5, 0.6) is 0 Å². The SMILES string of the molecule is CCN(CC)CCNC(=O)Nc1cccn(C)c1=O. The van der Waals surface area contributed by atoms with Crippen LogP contribution >= 0.6 is 0 Å². The van der Waals surface area contributed by atoms with Crippen molar-refractivity contribution in [3.05, 3.63) is 28.7 Å². The van der Waals surface area contributed by atoms with E-state index >= 15 is 0 Å². The molecule has 19 heavy (non-hydrogen) atoms. The number of hydrogen-bond donors (Lipinski definition) is 2. The number of urea groups is 1. The Morgan fingerprint density at radius 1 is 1.37 bits per heavy atom. The fourth-order valence-electron chi connectivity index (χ4n) is 1.73. The number of nitrogens with one attached hydrogen (secondary N) is 2. The van der Waals surface area contributed by atoms with Crippen molar-refractivity contribution in [2.24, 2.45) is 7.05 Å². The van der Waals surface area contributed by atoms with Gasteiger partial charge in [-0.3, -0.25) is 4.79 Å². The number of likely N-dealkylation sites (N-methyl/N-ethyl adjacent to an activating group) is 1. The third-order valence-electron chi connectivity index (χ3n) is 2.98. The number of anilines is 1. The minimum atomic E-state index is -0.351. The molecule has 0 aliphatic heterocycles. The van der Waals surface area contributed by atoms with Crippen molar-refractivity contribution in [2.75, 3.05) is 31.5 Å². The molecule has 6 heteroatoms. The summed E-state index contributed by atoms with van der Waals surface area (Å²) in [6, 6.07) is 2.95. The molecular formula is C13H22N4O2. The van der Waals surface area contributed by atoms with Crippen molar-refractivity contribution in [1.82, 2.24) is 14.8 Å². The van der Waals surface area contributed by atoms with Gasteiger partial charge in [0.1, 0.15) is 5.69 Å². The zero-order valence-corrected chi connectivity index (χ0v) is 11.8. The molecule has 0 saturated heterocycles. The summed E-state index contributed by atoms with van der Waals surface area (Å²) in [4.78, 5) is 25.5. The summed E-state index contributed by atoms with van der Waals surface area (Å²) in [6.07, 6.45) is 1.64. The number of aromatic nitrogens is 1. The Morgan fingerprint density at radius 2 is 2.05 bits per heavy atom. The van der Waals surface area contributed by atoms with E-state index in [0.717, 1.165) is 19.6 Å². The highest BCUT2D eigenvalue weighted by atomic mass is 16.2. The van der Waals surface area contributed by atoms with Gasteiger partial charge in [0.15, 0.2) is 0 Å². The lowest BCUT2D eigenvalue weighted by molar-refractivity contribution is 0.247. The van der Waals surface area contributed by atoms with Gasteiger partial charge in [0, 0.05) is 26.3 Å². The second-order valence-corrected chi connectivity index (χ2v) is 4.25. The zero-order chi connectivity index (χ0) is 14.3. The number of hydrogen-bond acceptors (Lipinski definition) is 3. The predicted octanol–water partition coefficient (Wildman–Crippen LogP) is 0.849. The third kappa shape index (κ3) is 4.75. The number of carbonyl (C=O) groups is 1. The van der Waals surface area contributed by atoms with Crippen LogP contribution in [0.25, 0.3) is 0 Å². The van der Waals surface area contributed by atoms with Crippen LogP contribution in [0.15, 0.2) is 23.1 Å². The van der Waals surface area contributed by atoms with Crippen LogP contribution in [0.2, 0.25) is 0 Å². The van der Waals surface area contributed by atoms with Crippen molar-refractivity contribution in [1.29, 1.82) is 0 Å². The summed E-state index contributed by atoms with van der Waals surface area (Å²) in [7, 11) is 1.64. The lowest BCUT2D eigenvalue weighted by Gasteiger charge is -2.18. The Balaban J connectivity index is 2.43. The second-order valence-electron chi connectivity index (χ2n) is 4.25. The van der Waals surface area contributed by atoms with Crippen LogP contribution in [0.1, 0.15) is 13.8 Å². The molecule has 0 fully saturated rings. The normalized spacial score (nSPS) is 10.5. The molecule has 0 saturated carbocycles. The van der Waals surface area contributed by atoms with Gasteiger partial charge in [-0.15, -0.1) is 0 Å². The molecule has 2 amide bonds. The lowest BCUT2D eigenvalue weighted by Crippen LogP contribution is -2.38. The maximum atomic E-state index is 11.7. The van der Waals surface area contributed by atoms with Crippen LogP contribution in [0.3, 0.4) is 0 Å². The first kappa shape index (κ1) is 15.2. The first-order valence-corrected chi connectivity index (χ1v) is 6.51. The highest BCUT2D eigenvalue weighted by Crippen LogP contribution is 1.96. The van der Waals surface area contributed by atoms with E-state index in [2.05, 4.69) is 29.4 Å². The Bertz CT molecular complexity index is 466. The molecule has 106 valence electrons. The molecular weight excluding hydrogens is 244 g/mol. The summed E-state index contributed by atoms with van der Waals surface area (Å²) >= 11 is 0. The molecule has 0 radical (unpaired) electrons. The standard InChI is InChI=1S/C13H22N4O2/c1-4-17(5-2)10-8-14-13(19)15-11-7-6-9-16(3)12(11)18/h6-7,9H,4-5,8,10H2,1-3H3,(H2,14,15,19). The molecule has 0 bridgehead atoms. The van der Waals surface area contributed by atoms with Gasteiger partial charge in [0.2, 0.25) is 0 Å². The van der Waals surface area contributed by atoms with Crippen LogP contribution in [0, 0.1) is 0 Å². The Hall–Kier alpha value is -1.82. The molecule has 0 aromatic carbocycles. The smallest absolute Gasteiger partial charge is 0.319 e. The quantitative estimate of drug-likeness (QED) is 0.802. The fraction of sp³-hybridized carbons (Fsp3) is 0.538. The topological polar surface area (TPSA) is 66.4 Å². The summed E-state index contributed by atoms with van der Waals surface area (Å²) in [6.45, 7) is 7.43. The van der Waals surface area contributed by atoms with Gasteiger partial charge >= 0.3 is 6.03 Å². The largest absolute Gasteiger partial charge is 0.337 e. The van der Waals surface area contributed by atoms with Crippen LogP contribution in [0.4, 0.5) is 10.5 Å². The van der Waals surface area contributed by atoms with Crippen molar-refractivity contribution < 1.29 is 4.79 Å². The molecule has 1 aromatic rings. The third-order valence-corrected chi connectivity index (χ3v) is 2.98. The summed E-state index contributed by atoms with van der Waals surface area (Å²) in [5, 5.41) is 5.30. The molecule has 0 spiro atoms. The van der Waals surface area contributed by atoms with E-state index in [9.17, 15) is 9.59 Å². The number of aryl methyl sites for hydroxylation is 1. The monoisotopic (exact) mass is 266 g/mol. The minimum absolute atomic E-state index is 0.221. The van der Waals surface area contributed by atoms with E-state index < -0.39 is 0 Å². The maximum absolute atomic E-state index is 11.7. The van der Waals surface area contributed by atoms with E-state index in [1.54, 1.807) is 25.4 Å². The van der Waals surface area contributed by atoms with Crippen molar-refractivity contribution in [3.63, 3.8) is 0 Å². The van der Waals surface area contributed by atoms with Gasteiger partial charge in [-0.2, -0.15) is 0 Å². The molecule has 0 aliphatic rings. The number of nitrogens with zero attached hydrogens (tertiary/aromatic N) is 2. The number of rotatable bonds is 6. The van der Waals surface area contributed by atoms with Crippen molar-refractivity contribution in [3.8, 4) is 0 Å². The summed E-state index contributed by atoms with van der Waals surface area (Å²) < 4.78 is 1.42. The maximum Gasteiger partial charge on any atom is 0.319 e. The van der Waals surface area contributed by atoms with Crippen molar-refractivity contribution in [2.45, 2.75) is 13.8 Å². The van der Waals surface area contributed by atoms with Gasteiger partial charge in [0.25, 0.3) is 5.56 Å². The zero-order valence-electron chi connectivity index (χ0n) is 11.8. The molecule has 1 aromatic heterocycles. The average molecular weight is 266 g/mol. The fourth-order valence-corrected chi connectivity index (χ4v) is 1.73. The summed E-state index contributed by atoms with van der Waals surface area (Å²) in [5.74, 6) is 0. The molecule has 0 aliphatic carbocycles. The molecule has 0 unspecified atom stereocenters. The van der Waals surface area contributed by atoms with E-state index in [-0.39, 0.29) is 17.3 Å². The first-order chi connectivity index (χ1) is 9.08. The van der Waals surface area contributed by atoms with Gasteiger partial charge < -0.3 is 20.1 Å². The highest BCUT2D eigenvalue weighted by Gasteiger charge is 2.06. The highest BCUT2D eigenvalue weighted by molar-refractivity contribution is 5.88. The molecule has 2 N–H and O–H groups in total. The number of carbonyl (C=O) groups excluding carboxylic acids is 1. The molecule has 6 nitrogen and oxygen atoms in total. The first-order valence-electron chi connectivity index (χ1n) is 6.51. The summed E-state index contributed by atoms with van der Waals surface area (Å²) in [5.41, 5.74) is 0.0618. The Morgan fingerprint density at radius 3 is 2.68 bits per heavy atom. The Labute approximate surface area is 113 Å². The molecule has 1 rings (SSSR count). The van der Waals surface area contributed by atoms with Gasteiger partial charge in [0.05, 0.1) is 0 Å². The van der Waals surface area contributed by atoms with E-state index in [1.165, 1.54) is 4.57 Å². The Kier molecular flexibility index (Phi) is 6.08. The molecule has 1 heterocycles. The van der Waals surface area contributed by atoms with Crippen LogP contribution < -0.4 is 16.2 Å². The lowest BCUT2D eigenvalue weighted by atomic mass is 10.4. The number of amides is 2. The number of pyridine rings is 1. The minimum Gasteiger partial charge on any atom is -0.337 e. The molecule has 0 atom stereocenters. The predicted molar refractivity (Wildman–Crippen MR) is 76.5 cm³/mol. The van der Waals surface area contributed by atoms with E-state index in [1.807, 2.05) is 0 Å².